The third kappa shape index (κ3) is 5.78. The lowest BCUT2D eigenvalue weighted by Gasteiger charge is -2.36. The Bertz CT molecular complexity index is 1470. The number of methoxy groups -OCH3 is 1. The van der Waals surface area contributed by atoms with Crippen LogP contribution in [0.3, 0.4) is 0 Å². The van der Waals surface area contributed by atoms with Crippen molar-refractivity contribution in [2.75, 3.05) is 19.0 Å². The molecular formula is C26H27ClF3N7O2. The third-order valence-corrected chi connectivity index (χ3v) is 7.06. The Morgan fingerprint density at radius 2 is 2.05 bits per heavy atom. The summed E-state index contributed by atoms with van der Waals surface area (Å²) in [6, 6.07) is 8.05. The molecule has 2 N–H and O–H groups in total. The molecule has 4 aromatic rings. The van der Waals surface area contributed by atoms with Gasteiger partial charge in [-0.2, -0.15) is 18.3 Å². The largest absolute Gasteiger partial charge is 0.433 e. The Morgan fingerprint density at radius 3 is 2.74 bits per heavy atom. The third-order valence-electron chi connectivity index (χ3n) is 6.76. The van der Waals surface area contributed by atoms with Crippen LogP contribution in [-0.4, -0.2) is 54.1 Å². The van der Waals surface area contributed by atoms with Crippen molar-refractivity contribution < 1.29 is 23.0 Å². The monoisotopic (exact) mass is 561 g/mol. The highest BCUT2D eigenvalue weighted by Crippen LogP contribution is 2.34. The molecule has 0 aliphatic carbocycles. The normalized spacial score (nSPS) is 15.9. The van der Waals surface area contributed by atoms with E-state index in [1.165, 1.54) is 6.07 Å². The lowest BCUT2D eigenvalue weighted by molar-refractivity contribution is -0.141. The Labute approximate surface area is 227 Å². The first-order valence-corrected chi connectivity index (χ1v) is 12.5. The lowest BCUT2D eigenvalue weighted by atomic mass is 10.1. The summed E-state index contributed by atoms with van der Waals surface area (Å²) in [6.45, 7) is 1.27. The lowest BCUT2D eigenvalue weighted by Crippen LogP contribution is -2.44. The molecule has 0 unspecified atom stereocenters. The standard InChI is InChI=1S/C26H27ClF3N7O2/c1-35-25(5-6-32-35)34-24-8-20(21(27)9-31-24)17-7-18-12-37(19(15-39-2)13-36(18)11-17)10-16-3-4-23(26(28,29)30)33-22(16)14-38/h3-9,11,19,38H,10,12-15H2,1-2H3,(H,31,34)/t19-/m1/s1. The molecule has 1 aliphatic rings. The molecular weight excluding hydrogens is 535 g/mol. The van der Waals surface area contributed by atoms with Crippen LogP contribution in [0.2, 0.25) is 5.02 Å². The average molecular weight is 562 g/mol. The maximum absolute atomic E-state index is 13.1. The first kappa shape index (κ1) is 27.1. The molecule has 5 rings (SSSR count). The van der Waals surface area contributed by atoms with Gasteiger partial charge in [-0.05, 0) is 23.8 Å². The van der Waals surface area contributed by atoms with Crippen molar-refractivity contribution in [3.05, 3.63) is 76.6 Å². The summed E-state index contributed by atoms with van der Waals surface area (Å²) in [5, 5.41) is 17.6. The number of pyridine rings is 2. The van der Waals surface area contributed by atoms with E-state index in [-0.39, 0.29) is 11.7 Å². The highest BCUT2D eigenvalue weighted by atomic mass is 35.5. The summed E-state index contributed by atoms with van der Waals surface area (Å²) in [7, 11) is 3.44. The number of ether oxygens (including phenoxy) is 1. The number of fused-ring (bicyclic) bond motifs is 1. The first-order valence-electron chi connectivity index (χ1n) is 12.2. The van der Waals surface area contributed by atoms with Gasteiger partial charge in [-0.15, -0.1) is 0 Å². The Morgan fingerprint density at radius 1 is 1.23 bits per heavy atom. The molecule has 0 radical (unpaired) electrons. The summed E-state index contributed by atoms with van der Waals surface area (Å²) in [6.07, 6.45) is 0.738. The van der Waals surface area contributed by atoms with Crippen LogP contribution in [0.15, 0.2) is 48.9 Å². The number of hydrogen-bond acceptors (Lipinski definition) is 7. The molecule has 5 heterocycles. The Kier molecular flexibility index (Phi) is 7.63. The second-order valence-corrected chi connectivity index (χ2v) is 9.77. The van der Waals surface area contributed by atoms with Crippen molar-refractivity contribution in [3.8, 4) is 11.1 Å². The fourth-order valence-electron chi connectivity index (χ4n) is 4.76. The number of hydrogen-bond donors (Lipinski definition) is 2. The van der Waals surface area contributed by atoms with Crippen molar-refractivity contribution in [3.63, 3.8) is 0 Å². The van der Waals surface area contributed by atoms with E-state index in [2.05, 4.69) is 29.9 Å². The minimum atomic E-state index is -4.58. The van der Waals surface area contributed by atoms with Crippen molar-refractivity contribution in [1.29, 1.82) is 0 Å². The number of aliphatic hydroxyl groups excluding tert-OH is 1. The number of aryl methyl sites for hydroxylation is 1. The van der Waals surface area contributed by atoms with Gasteiger partial charge >= 0.3 is 6.18 Å². The summed E-state index contributed by atoms with van der Waals surface area (Å²) < 4.78 is 48.7. The van der Waals surface area contributed by atoms with Gasteiger partial charge in [0.25, 0.3) is 0 Å². The Hall–Kier alpha value is -3.45. The number of aromatic nitrogens is 5. The number of anilines is 2. The van der Waals surface area contributed by atoms with E-state index in [4.69, 9.17) is 16.3 Å². The van der Waals surface area contributed by atoms with Crippen LogP contribution in [0.4, 0.5) is 24.8 Å². The van der Waals surface area contributed by atoms with Gasteiger partial charge in [-0.1, -0.05) is 17.7 Å². The molecule has 0 spiro atoms. The van der Waals surface area contributed by atoms with Crippen LogP contribution < -0.4 is 5.32 Å². The molecule has 0 aromatic carbocycles. The van der Waals surface area contributed by atoms with E-state index in [0.717, 1.165) is 28.7 Å². The maximum Gasteiger partial charge on any atom is 0.433 e. The van der Waals surface area contributed by atoms with E-state index >= 15 is 0 Å². The molecule has 0 amide bonds. The topological polar surface area (TPSA) is 93.3 Å². The van der Waals surface area contributed by atoms with E-state index in [1.807, 2.05) is 31.4 Å². The molecule has 39 heavy (non-hydrogen) atoms. The summed E-state index contributed by atoms with van der Waals surface area (Å²) in [4.78, 5) is 10.2. The van der Waals surface area contributed by atoms with Gasteiger partial charge in [0.1, 0.15) is 17.3 Å². The van der Waals surface area contributed by atoms with Crippen LogP contribution >= 0.6 is 11.6 Å². The fourth-order valence-corrected chi connectivity index (χ4v) is 4.98. The fraction of sp³-hybridized carbons (Fsp3) is 0.346. The van der Waals surface area contributed by atoms with Crippen LogP contribution in [0.5, 0.6) is 0 Å². The Balaban J connectivity index is 1.41. The smallest absolute Gasteiger partial charge is 0.390 e. The number of rotatable bonds is 8. The van der Waals surface area contributed by atoms with E-state index < -0.39 is 18.5 Å². The quantitative estimate of drug-likeness (QED) is 0.324. The van der Waals surface area contributed by atoms with E-state index in [0.29, 0.717) is 42.6 Å². The van der Waals surface area contributed by atoms with Gasteiger partial charge < -0.3 is 19.7 Å². The second-order valence-electron chi connectivity index (χ2n) is 9.36. The molecule has 0 fully saturated rings. The number of nitrogens with one attached hydrogen (secondary N) is 1. The minimum Gasteiger partial charge on any atom is -0.390 e. The zero-order valence-electron chi connectivity index (χ0n) is 21.3. The van der Waals surface area contributed by atoms with Gasteiger partial charge in [0.2, 0.25) is 0 Å². The molecule has 4 aromatic heterocycles. The minimum absolute atomic E-state index is 0.0136. The molecule has 0 saturated carbocycles. The van der Waals surface area contributed by atoms with Crippen molar-refractivity contribution >= 4 is 23.2 Å². The van der Waals surface area contributed by atoms with Gasteiger partial charge in [0, 0.05) is 69.1 Å². The summed E-state index contributed by atoms with van der Waals surface area (Å²) >= 11 is 6.54. The van der Waals surface area contributed by atoms with E-state index in [1.54, 1.807) is 24.2 Å². The van der Waals surface area contributed by atoms with E-state index in [9.17, 15) is 18.3 Å². The molecule has 9 nitrogen and oxygen atoms in total. The SMILES string of the molecule is COC[C@H]1Cn2cc(-c3cc(Nc4ccnn4C)ncc3Cl)cc2CN1Cc1ccc(C(F)(F)F)nc1CO. The first-order chi connectivity index (χ1) is 18.7. The number of halogens is 4. The van der Waals surface area contributed by atoms with Crippen molar-refractivity contribution in [1.82, 2.24) is 29.2 Å². The predicted molar refractivity (Wildman–Crippen MR) is 139 cm³/mol. The van der Waals surface area contributed by atoms with Gasteiger partial charge in [-0.25, -0.2) is 9.97 Å². The molecule has 1 atom stereocenters. The van der Waals surface area contributed by atoms with Crippen molar-refractivity contribution in [2.24, 2.45) is 7.05 Å². The van der Waals surface area contributed by atoms with Crippen LogP contribution in [0.25, 0.3) is 11.1 Å². The second kappa shape index (κ2) is 11.0. The van der Waals surface area contributed by atoms with Crippen LogP contribution in [0, 0.1) is 0 Å². The summed E-state index contributed by atoms with van der Waals surface area (Å²) in [5.74, 6) is 1.40. The highest BCUT2D eigenvalue weighted by Gasteiger charge is 2.34. The van der Waals surface area contributed by atoms with Crippen LogP contribution in [-0.2, 0) is 44.2 Å². The predicted octanol–water partition coefficient (Wildman–Crippen LogP) is 4.62. The number of nitrogens with zero attached hydrogens (tertiary/aromatic N) is 6. The molecule has 13 heteroatoms. The average Bonchev–Trinajstić information content (AvgIpc) is 3.50. The van der Waals surface area contributed by atoms with Gasteiger partial charge in [0.05, 0.1) is 36.2 Å². The summed E-state index contributed by atoms with van der Waals surface area (Å²) in [5.41, 5.74) is 2.26. The molecule has 1 aliphatic heterocycles. The molecule has 0 saturated heterocycles. The highest BCUT2D eigenvalue weighted by molar-refractivity contribution is 6.33. The zero-order valence-corrected chi connectivity index (χ0v) is 22.0. The van der Waals surface area contributed by atoms with Crippen LogP contribution in [0.1, 0.15) is 22.6 Å². The van der Waals surface area contributed by atoms with Gasteiger partial charge in [0.15, 0.2) is 0 Å². The van der Waals surface area contributed by atoms with Gasteiger partial charge in [-0.3, -0.25) is 9.58 Å². The number of alkyl halides is 3. The zero-order chi connectivity index (χ0) is 27.7. The molecule has 0 bridgehead atoms. The number of aliphatic hydroxyl groups is 1. The van der Waals surface area contributed by atoms with Crippen molar-refractivity contribution in [2.45, 2.75) is 38.5 Å². The molecule has 206 valence electrons. The maximum atomic E-state index is 13.1.